The molecule has 1 heterocycles. The van der Waals surface area contributed by atoms with Crippen molar-refractivity contribution < 1.29 is 14.3 Å². The van der Waals surface area contributed by atoms with Crippen molar-refractivity contribution in [2.24, 2.45) is 46.3 Å². The van der Waals surface area contributed by atoms with Crippen molar-refractivity contribution in [3.05, 3.63) is 11.6 Å². The average Bonchev–Trinajstić information content (AvgIpc) is 3.60. The van der Waals surface area contributed by atoms with Crippen LogP contribution in [0.4, 0.5) is 0 Å². The smallest absolute Gasteiger partial charge is 0.306 e. The quantitative estimate of drug-likeness (QED) is 0.611. The zero-order chi connectivity index (χ0) is 18.9. The topological polar surface area (TPSA) is 43.4 Å². The molecule has 0 bridgehead atoms. The number of hydrogen-bond acceptors (Lipinski definition) is 3. The fraction of sp³-hybridized carbons (Fsp3) is 0.840. The second-order valence-electron chi connectivity index (χ2n) is 11.5. The number of carbonyl (C=O) groups excluding carboxylic acids is 2. The highest BCUT2D eigenvalue weighted by Crippen LogP contribution is 2.81. The molecule has 1 saturated heterocycles. The summed E-state index contributed by atoms with van der Waals surface area (Å²) < 4.78 is 6.30. The third-order valence-corrected chi connectivity index (χ3v) is 11.0. The molecule has 3 heteroatoms. The number of esters is 1. The number of rotatable bonds is 1. The fourth-order valence-electron chi connectivity index (χ4n) is 9.92. The normalized spacial score (nSPS) is 54.5. The monoisotopic (exact) mass is 380 g/mol. The Labute approximate surface area is 167 Å². The number of fused-ring (bicyclic) bond motifs is 10. The maximum atomic E-state index is 12.3. The number of ether oxygens (including phenoxy) is 1. The Morgan fingerprint density at radius 3 is 2.61 bits per heavy atom. The van der Waals surface area contributed by atoms with Gasteiger partial charge in [-0.05, 0) is 98.9 Å². The Bertz CT molecular complexity index is 822. The minimum Gasteiger partial charge on any atom is -0.458 e. The molecule has 5 saturated carbocycles. The summed E-state index contributed by atoms with van der Waals surface area (Å²) in [6.45, 7) is 2.38. The van der Waals surface area contributed by atoms with Crippen molar-refractivity contribution >= 4 is 11.8 Å². The van der Waals surface area contributed by atoms with Gasteiger partial charge in [0.25, 0.3) is 0 Å². The lowest BCUT2D eigenvalue weighted by molar-refractivity contribution is -0.180. The molecule has 6 fully saturated rings. The van der Waals surface area contributed by atoms with Crippen LogP contribution in [-0.2, 0) is 14.3 Å². The van der Waals surface area contributed by atoms with Crippen molar-refractivity contribution in [1.82, 2.24) is 0 Å². The highest BCUT2D eigenvalue weighted by molar-refractivity contribution is 5.91. The molecule has 0 aromatic heterocycles. The molecule has 3 nitrogen and oxygen atoms in total. The summed E-state index contributed by atoms with van der Waals surface area (Å²) >= 11 is 0. The first-order chi connectivity index (χ1) is 13.5. The van der Waals surface area contributed by atoms with Gasteiger partial charge >= 0.3 is 5.97 Å². The largest absolute Gasteiger partial charge is 0.458 e. The summed E-state index contributed by atoms with van der Waals surface area (Å²) in [5, 5.41) is 0. The third-order valence-electron chi connectivity index (χ3n) is 11.0. The maximum Gasteiger partial charge on any atom is 0.306 e. The van der Waals surface area contributed by atoms with Gasteiger partial charge in [-0.1, -0.05) is 12.5 Å². The highest BCUT2D eigenvalue weighted by Gasteiger charge is 2.80. The molecular weight excluding hydrogens is 348 g/mol. The first-order valence-corrected chi connectivity index (χ1v) is 12.0. The second kappa shape index (κ2) is 4.95. The summed E-state index contributed by atoms with van der Waals surface area (Å²) in [4.78, 5) is 24.5. The lowest BCUT2D eigenvalue weighted by Gasteiger charge is -2.59. The van der Waals surface area contributed by atoms with Gasteiger partial charge in [0.15, 0.2) is 5.78 Å². The van der Waals surface area contributed by atoms with Gasteiger partial charge in [0.05, 0.1) is 0 Å². The number of allylic oxidation sites excluding steroid dienone is 1. The third kappa shape index (κ3) is 1.72. The van der Waals surface area contributed by atoms with Crippen LogP contribution in [0.5, 0.6) is 0 Å². The molecule has 7 aliphatic rings. The van der Waals surface area contributed by atoms with Gasteiger partial charge in [-0.3, -0.25) is 9.59 Å². The van der Waals surface area contributed by atoms with E-state index in [9.17, 15) is 9.59 Å². The van der Waals surface area contributed by atoms with Crippen LogP contribution in [0.2, 0.25) is 0 Å². The molecule has 0 aromatic rings. The van der Waals surface area contributed by atoms with Gasteiger partial charge in [-0.15, -0.1) is 0 Å². The molecule has 2 spiro atoms. The van der Waals surface area contributed by atoms with E-state index in [-0.39, 0.29) is 17.0 Å². The predicted octanol–water partition coefficient (Wildman–Crippen LogP) is 4.84. The van der Waals surface area contributed by atoms with Gasteiger partial charge < -0.3 is 4.74 Å². The van der Waals surface area contributed by atoms with Crippen molar-refractivity contribution in [2.45, 2.75) is 83.2 Å². The van der Waals surface area contributed by atoms with Gasteiger partial charge in [0, 0.05) is 24.2 Å². The van der Waals surface area contributed by atoms with Crippen LogP contribution in [-0.4, -0.2) is 17.4 Å². The molecule has 0 radical (unpaired) electrons. The Hall–Kier alpha value is -1.12. The van der Waals surface area contributed by atoms with Crippen LogP contribution in [0.1, 0.15) is 77.6 Å². The zero-order valence-corrected chi connectivity index (χ0v) is 17.0. The van der Waals surface area contributed by atoms with E-state index in [1.54, 1.807) is 5.57 Å². The van der Waals surface area contributed by atoms with E-state index in [1.807, 2.05) is 0 Å². The van der Waals surface area contributed by atoms with Gasteiger partial charge in [-0.2, -0.15) is 0 Å². The van der Waals surface area contributed by atoms with Gasteiger partial charge in [0.2, 0.25) is 0 Å². The van der Waals surface area contributed by atoms with E-state index in [1.165, 1.54) is 44.9 Å². The number of hydrogen-bond donors (Lipinski definition) is 0. The van der Waals surface area contributed by atoms with Crippen LogP contribution in [0.15, 0.2) is 11.6 Å². The Kier molecular flexibility index (Phi) is 2.94. The maximum absolute atomic E-state index is 12.3. The standard InChI is InChI=1S/C25H32O3/c1-2-24-7-5-15-16-4-3-14(26)11-19(16)23(9-10-23)13-18(15)22(24)17-12-20(17)25(24)8-6-21(27)28-25/h11,15-18,20,22H,2-10,12-13H2,1H3/t15?,16-,17?,18?,20?,22?,24+,25+/m1/s1. The minimum atomic E-state index is -0.117. The Morgan fingerprint density at radius 1 is 1.04 bits per heavy atom. The minimum absolute atomic E-state index is 0.0690. The van der Waals surface area contributed by atoms with Crippen LogP contribution in [0.3, 0.4) is 0 Å². The van der Waals surface area contributed by atoms with Crippen LogP contribution >= 0.6 is 0 Å². The fourth-order valence-corrected chi connectivity index (χ4v) is 9.92. The predicted molar refractivity (Wildman–Crippen MR) is 104 cm³/mol. The van der Waals surface area contributed by atoms with Crippen molar-refractivity contribution in [2.75, 3.05) is 0 Å². The summed E-state index contributed by atoms with van der Waals surface area (Å²) in [7, 11) is 0. The van der Waals surface area contributed by atoms with E-state index >= 15 is 0 Å². The zero-order valence-electron chi connectivity index (χ0n) is 17.0. The van der Waals surface area contributed by atoms with Crippen LogP contribution in [0, 0.1) is 46.3 Å². The lowest BCUT2D eigenvalue weighted by Crippen LogP contribution is -2.57. The van der Waals surface area contributed by atoms with Crippen LogP contribution in [0.25, 0.3) is 0 Å². The molecular formula is C25H32O3. The summed E-state index contributed by atoms with van der Waals surface area (Å²) in [6.07, 6.45) is 14.6. The SMILES string of the molecule is CC[C@]12CCC3C(CC4(CC4)C4=CC(=O)CC[C@@H]43)C1C1CC1[C@@]21CCC(=O)O1. The molecule has 1 aliphatic heterocycles. The van der Waals surface area contributed by atoms with Gasteiger partial charge in [-0.25, -0.2) is 0 Å². The molecule has 150 valence electrons. The van der Waals surface area contributed by atoms with E-state index in [2.05, 4.69) is 13.0 Å². The molecule has 7 rings (SSSR count). The molecule has 28 heavy (non-hydrogen) atoms. The summed E-state index contributed by atoms with van der Waals surface area (Å²) in [6, 6.07) is 0. The van der Waals surface area contributed by atoms with Crippen molar-refractivity contribution in [1.29, 1.82) is 0 Å². The molecule has 0 amide bonds. The first kappa shape index (κ1) is 16.7. The lowest BCUT2D eigenvalue weighted by atomic mass is 9.46. The molecule has 0 N–H and O–H groups in total. The van der Waals surface area contributed by atoms with Crippen LogP contribution < -0.4 is 0 Å². The Balaban J connectivity index is 1.32. The Morgan fingerprint density at radius 2 is 1.89 bits per heavy atom. The molecule has 0 aromatic carbocycles. The highest BCUT2D eigenvalue weighted by atomic mass is 16.6. The van der Waals surface area contributed by atoms with Crippen molar-refractivity contribution in [3.63, 3.8) is 0 Å². The van der Waals surface area contributed by atoms with E-state index in [4.69, 9.17) is 4.74 Å². The first-order valence-electron chi connectivity index (χ1n) is 12.0. The van der Waals surface area contributed by atoms with E-state index in [0.29, 0.717) is 29.5 Å². The summed E-state index contributed by atoms with van der Waals surface area (Å²) in [5.74, 6) is 4.95. The molecule has 8 atom stereocenters. The number of ketones is 1. The molecule has 5 unspecified atom stereocenters. The molecule has 6 aliphatic carbocycles. The van der Waals surface area contributed by atoms with Crippen molar-refractivity contribution in [3.8, 4) is 0 Å². The van der Waals surface area contributed by atoms with Gasteiger partial charge in [0.1, 0.15) is 5.60 Å². The number of carbonyl (C=O) groups is 2. The summed E-state index contributed by atoms with van der Waals surface area (Å²) in [5.41, 5.74) is 2.08. The van der Waals surface area contributed by atoms with E-state index in [0.717, 1.165) is 42.9 Å². The average molecular weight is 381 g/mol. The van der Waals surface area contributed by atoms with E-state index < -0.39 is 0 Å². The second-order valence-corrected chi connectivity index (χ2v) is 11.5.